The fourth-order valence-corrected chi connectivity index (χ4v) is 7.46. The number of fused-ring (bicyclic) bond motifs is 1. The van der Waals surface area contributed by atoms with Crippen molar-refractivity contribution in [1.29, 1.82) is 0 Å². The van der Waals surface area contributed by atoms with Crippen LogP contribution in [0.4, 0.5) is 18.9 Å². The number of amides is 1. The number of halogens is 4. The molecule has 1 aromatic carbocycles. The summed E-state index contributed by atoms with van der Waals surface area (Å²) in [7, 11) is -6.75. The molecule has 0 radical (unpaired) electrons. The summed E-state index contributed by atoms with van der Waals surface area (Å²) in [5.74, 6) is -5.65. The lowest BCUT2D eigenvalue weighted by Crippen LogP contribution is -2.41. The van der Waals surface area contributed by atoms with E-state index in [9.17, 15) is 34.8 Å². The summed E-state index contributed by atoms with van der Waals surface area (Å²) in [6.07, 6.45) is 1.05. The molecule has 0 unspecified atom stereocenters. The highest BCUT2D eigenvalue weighted by atomic mass is 35.5. The summed E-state index contributed by atoms with van der Waals surface area (Å²) in [6, 6.07) is 0.448. The summed E-state index contributed by atoms with van der Waals surface area (Å²) in [4.78, 5) is 12.6. The zero-order valence-electron chi connectivity index (χ0n) is 18.2. The Labute approximate surface area is 204 Å². The number of carbonyl (C=O) groups is 1. The minimum Gasteiger partial charge on any atom is -0.338 e. The van der Waals surface area contributed by atoms with Gasteiger partial charge in [0.2, 0.25) is 10.0 Å². The summed E-state index contributed by atoms with van der Waals surface area (Å²) >= 11 is 6.36. The Hall–Kier alpha value is -2.17. The first-order valence-corrected chi connectivity index (χ1v) is 13.7. The van der Waals surface area contributed by atoms with E-state index in [1.807, 2.05) is 0 Å². The molecule has 0 saturated carbocycles. The monoisotopic (exact) mass is 555 g/mol. The average molecular weight is 556 g/mol. The third-order valence-electron chi connectivity index (χ3n) is 5.86. The van der Waals surface area contributed by atoms with Crippen molar-refractivity contribution in [3.8, 4) is 0 Å². The quantitative estimate of drug-likeness (QED) is 0.447. The molecule has 1 amide bonds. The van der Waals surface area contributed by atoms with Gasteiger partial charge in [0, 0.05) is 56.2 Å². The Bertz CT molecular complexity index is 1390. The number of nitrogens with zero attached hydrogens (tertiary/aromatic N) is 2. The highest BCUT2D eigenvalue weighted by Crippen LogP contribution is 2.37. The second kappa shape index (κ2) is 9.37. The van der Waals surface area contributed by atoms with E-state index in [4.69, 9.17) is 11.6 Å². The third kappa shape index (κ3) is 4.80. The van der Waals surface area contributed by atoms with Crippen LogP contribution < -0.4 is 14.8 Å². The molecule has 10 nitrogen and oxygen atoms in total. The fraction of sp³-hybridized carbons (Fsp3) is 0.421. The number of sulfonamides is 1. The predicted molar refractivity (Wildman–Crippen MR) is 120 cm³/mol. The summed E-state index contributed by atoms with van der Waals surface area (Å²) in [5, 5.41) is 1.83. The molecule has 1 atom stereocenters. The van der Waals surface area contributed by atoms with Gasteiger partial charge in [-0.05, 0) is 19.3 Å². The van der Waals surface area contributed by atoms with Gasteiger partial charge in [0.05, 0.1) is 5.02 Å². The van der Waals surface area contributed by atoms with Crippen molar-refractivity contribution in [3.05, 3.63) is 46.0 Å². The van der Waals surface area contributed by atoms with E-state index in [0.29, 0.717) is 25.0 Å². The fourth-order valence-electron chi connectivity index (χ4n) is 4.27. The van der Waals surface area contributed by atoms with Crippen molar-refractivity contribution in [3.63, 3.8) is 0 Å². The molecule has 2 aliphatic heterocycles. The van der Waals surface area contributed by atoms with Crippen LogP contribution in [0.15, 0.2) is 17.0 Å². The Morgan fingerprint density at radius 1 is 1.11 bits per heavy atom. The van der Waals surface area contributed by atoms with Gasteiger partial charge in [-0.3, -0.25) is 4.79 Å². The number of rotatable bonds is 7. The zero-order chi connectivity index (χ0) is 25.7. The molecule has 35 heavy (non-hydrogen) atoms. The van der Waals surface area contributed by atoms with Gasteiger partial charge in [0.25, 0.3) is 16.1 Å². The van der Waals surface area contributed by atoms with Gasteiger partial charge in [-0.1, -0.05) is 11.6 Å². The van der Waals surface area contributed by atoms with Crippen molar-refractivity contribution >= 4 is 43.4 Å². The second-order valence-electron chi connectivity index (χ2n) is 8.08. The van der Waals surface area contributed by atoms with Crippen molar-refractivity contribution in [2.24, 2.45) is 0 Å². The van der Waals surface area contributed by atoms with Crippen molar-refractivity contribution in [2.45, 2.75) is 36.7 Å². The minimum absolute atomic E-state index is 0.0922. The standard InChI is InChI=1S/C19H21ClF3N5O5S2/c1-24-35(32,33)27-6-4-10(9-27)26-34(30,31)18-14-3-2-5-28(14)17(15(18)20)19(29)25-11-7-12(21)16(23)13(22)8-11/h7-8,10,24,26H,2-6,9H2,1H3,(H,25,29)/t10-/m1/s1. The SMILES string of the molecule is CNS(=O)(=O)N1CC[C@@H](NS(=O)(=O)c2c(Cl)c(C(=O)Nc3cc(F)c(F)c(F)c3)n3c2CCC3)C1. The van der Waals surface area contributed by atoms with Crippen LogP contribution >= 0.6 is 11.6 Å². The maximum atomic E-state index is 13.5. The maximum Gasteiger partial charge on any atom is 0.279 e. The van der Waals surface area contributed by atoms with E-state index in [1.54, 1.807) is 0 Å². The van der Waals surface area contributed by atoms with Crippen LogP contribution in [0.1, 0.15) is 29.0 Å². The molecular weight excluding hydrogens is 535 g/mol. The van der Waals surface area contributed by atoms with E-state index >= 15 is 0 Å². The molecule has 2 aliphatic rings. The molecule has 3 heterocycles. The lowest BCUT2D eigenvalue weighted by molar-refractivity contribution is 0.101. The third-order valence-corrected chi connectivity index (χ3v) is 9.48. The van der Waals surface area contributed by atoms with Crippen LogP contribution in [0, 0.1) is 17.5 Å². The molecule has 1 saturated heterocycles. The topological polar surface area (TPSA) is 130 Å². The Morgan fingerprint density at radius 3 is 2.40 bits per heavy atom. The number of anilines is 1. The van der Waals surface area contributed by atoms with E-state index in [-0.39, 0.29) is 53.0 Å². The van der Waals surface area contributed by atoms with Gasteiger partial charge < -0.3 is 9.88 Å². The van der Waals surface area contributed by atoms with Gasteiger partial charge in [0.15, 0.2) is 17.5 Å². The van der Waals surface area contributed by atoms with Gasteiger partial charge in [-0.25, -0.2) is 31.0 Å². The van der Waals surface area contributed by atoms with Crippen LogP contribution in [0.3, 0.4) is 0 Å². The predicted octanol–water partition coefficient (Wildman–Crippen LogP) is 1.57. The smallest absolute Gasteiger partial charge is 0.279 e. The summed E-state index contributed by atoms with van der Waals surface area (Å²) < 4.78 is 97.9. The van der Waals surface area contributed by atoms with Crippen LogP contribution in [-0.4, -0.2) is 57.8 Å². The normalized spacial score (nSPS) is 18.7. The number of hydrogen-bond donors (Lipinski definition) is 3. The Balaban J connectivity index is 1.62. The van der Waals surface area contributed by atoms with Gasteiger partial charge in [0.1, 0.15) is 10.6 Å². The van der Waals surface area contributed by atoms with Crippen molar-refractivity contribution in [2.75, 3.05) is 25.5 Å². The number of carbonyl (C=O) groups excluding carboxylic acids is 1. The molecule has 16 heteroatoms. The highest BCUT2D eigenvalue weighted by molar-refractivity contribution is 7.89. The number of aromatic nitrogens is 1. The molecule has 0 aliphatic carbocycles. The van der Waals surface area contributed by atoms with Crippen molar-refractivity contribution < 1.29 is 34.8 Å². The number of hydrogen-bond acceptors (Lipinski definition) is 5. The van der Waals surface area contributed by atoms with Crippen LogP contribution in [-0.2, 0) is 33.2 Å². The molecular formula is C19H21ClF3N5O5S2. The van der Waals surface area contributed by atoms with E-state index in [1.165, 1.54) is 11.6 Å². The Kier molecular flexibility index (Phi) is 6.93. The van der Waals surface area contributed by atoms with Crippen LogP contribution in [0.2, 0.25) is 5.02 Å². The number of nitrogens with one attached hydrogen (secondary N) is 3. The highest BCUT2D eigenvalue weighted by Gasteiger charge is 2.38. The first kappa shape index (κ1) is 25.9. The van der Waals surface area contributed by atoms with Gasteiger partial charge in [-0.15, -0.1) is 0 Å². The maximum absolute atomic E-state index is 13.5. The van der Waals surface area contributed by atoms with E-state index in [2.05, 4.69) is 14.8 Å². The first-order chi connectivity index (χ1) is 16.4. The molecule has 4 rings (SSSR count). The molecule has 1 aromatic heterocycles. The lowest BCUT2D eigenvalue weighted by Gasteiger charge is -2.16. The molecule has 2 aromatic rings. The molecule has 1 fully saturated rings. The number of benzene rings is 1. The largest absolute Gasteiger partial charge is 0.338 e. The van der Waals surface area contributed by atoms with Gasteiger partial charge >= 0.3 is 0 Å². The summed E-state index contributed by atoms with van der Waals surface area (Å²) in [5.41, 5.74) is -0.326. The molecule has 0 spiro atoms. The zero-order valence-corrected chi connectivity index (χ0v) is 20.6. The van der Waals surface area contributed by atoms with E-state index < -0.39 is 49.6 Å². The van der Waals surface area contributed by atoms with Crippen LogP contribution in [0.25, 0.3) is 0 Å². The lowest BCUT2D eigenvalue weighted by atomic mass is 10.2. The van der Waals surface area contributed by atoms with E-state index in [0.717, 1.165) is 4.31 Å². The molecule has 3 N–H and O–H groups in total. The van der Waals surface area contributed by atoms with Gasteiger partial charge in [-0.2, -0.15) is 12.7 Å². The first-order valence-electron chi connectivity index (χ1n) is 10.4. The average Bonchev–Trinajstić information content (AvgIpc) is 3.47. The van der Waals surface area contributed by atoms with Crippen LogP contribution in [0.5, 0.6) is 0 Å². The molecule has 0 bridgehead atoms. The molecule has 192 valence electrons. The van der Waals surface area contributed by atoms with Crippen molar-refractivity contribution in [1.82, 2.24) is 18.3 Å². The summed E-state index contributed by atoms with van der Waals surface area (Å²) in [6.45, 7) is 0.290. The minimum atomic E-state index is -4.27. The second-order valence-corrected chi connectivity index (χ2v) is 12.0. The Morgan fingerprint density at radius 2 is 1.77 bits per heavy atom.